The first-order valence-electron chi connectivity index (χ1n) is 7.33. The van der Waals surface area contributed by atoms with E-state index in [1.165, 1.54) is 16.8 Å². The average Bonchev–Trinajstić information content (AvgIpc) is 2.46. The third-order valence-corrected chi connectivity index (χ3v) is 3.88. The Morgan fingerprint density at radius 2 is 1.32 bits per heavy atom. The Morgan fingerprint density at radius 1 is 0.920 bits per heavy atom. The Labute approximate surface area is 145 Å². The summed E-state index contributed by atoms with van der Waals surface area (Å²) < 4.78 is 61.1. The van der Waals surface area contributed by atoms with E-state index < -0.39 is 15.6 Å². The fourth-order valence-corrected chi connectivity index (χ4v) is 1.82. The van der Waals surface area contributed by atoms with Crippen LogP contribution in [0.15, 0.2) is 48.8 Å². The van der Waals surface area contributed by atoms with Gasteiger partial charge in [0.15, 0.2) is 22.5 Å². The number of hydrogen-bond acceptors (Lipinski definition) is 3. The van der Waals surface area contributed by atoms with Crippen LogP contribution in [0.3, 0.4) is 0 Å². The zero-order valence-electron chi connectivity index (χ0n) is 14.3. The van der Waals surface area contributed by atoms with Crippen molar-refractivity contribution in [3.8, 4) is 5.69 Å². The molecule has 2 rings (SSSR count). The number of halogens is 3. The summed E-state index contributed by atoms with van der Waals surface area (Å²) in [7, 11) is -6.09. The minimum atomic E-state index is -6.09. The summed E-state index contributed by atoms with van der Waals surface area (Å²) in [6.45, 7) is 8.81. The quantitative estimate of drug-likeness (QED) is 0.434. The number of pyridine rings is 1. The molecule has 25 heavy (non-hydrogen) atoms. The Kier molecular flexibility index (Phi) is 6.36. The lowest BCUT2D eigenvalue weighted by Gasteiger charge is -2.17. The first-order valence-corrected chi connectivity index (χ1v) is 8.73. The highest BCUT2D eigenvalue weighted by Gasteiger charge is 2.36. The Balaban J connectivity index is 0.000000333. The lowest BCUT2D eigenvalue weighted by atomic mass is 9.88. The SMILES string of the molecule is Cc1ccc(-[n+]2ccc(C(C)(C)C)cc2)cc1.O=S(=O)([O-])C(F)(F)F. The molecule has 0 N–H and O–H groups in total. The normalized spacial score (nSPS) is 12.3. The van der Waals surface area contributed by atoms with Gasteiger partial charge in [-0.2, -0.15) is 17.7 Å². The molecule has 4 nitrogen and oxygen atoms in total. The van der Waals surface area contributed by atoms with Crippen LogP contribution in [-0.4, -0.2) is 18.5 Å². The van der Waals surface area contributed by atoms with Gasteiger partial charge in [-0.3, -0.25) is 0 Å². The average molecular weight is 375 g/mol. The van der Waals surface area contributed by atoms with Gasteiger partial charge in [-0.25, -0.2) is 8.42 Å². The van der Waals surface area contributed by atoms with Gasteiger partial charge < -0.3 is 4.55 Å². The molecule has 0 atom stereocenters. The van der Waals surface area contributed by atoms with Crippen LogP contribution in [0.1, 0.15) is 31.9 Å². The second-order valence-electron chi connectivity index (χ2n) is 6.48. The number of alkyl halides is 3. The first kappa shape index (κ1) is 21.1. The Bertz CT molecular complexity index is 791. The lowest BCUT2D eigenvalue weighted by Crippen LogP contribution is -2.30. The highest BCUT2D eigenvalue weighted by Crippen LogP contribution is 2.21. The third-order valence-electron chi connectivity index (χ3n) is 3.31. The molecule has 0 aliphatic heterocycles. The van der Waals surface area contributed by atoms with Crippen molar-refractivity contribution in [1.29, 1.82) is 0 Å². The Hall–Kier alpha value is -1.93. The molecule has 0 saturated heterocycles. The van der Waals surface area contributed by atoms with Crippen LogP contribution in [-0.2, 0) is 15.5 Å². The fourth-order valence-electron chi connectivity index (χ4n) is 1.82. The van der Waals surface area contributed by atoms with E-state index in [2.05, 4.69) is 81.1 Å². The molecule has 0 fully saturated rings. The van der Waals surface area contributed by atoms with E-state index in [9.17, 15) is 13.2 Å². The molecule has 0 spiro atoms. The standard InChI is InChI=1S/C16H20N.CHF3O3S/c1-13-5-7-15(8-6-13)17-11-9-14(10-12-17)16(2,3)4;2-1(3,4)8(5,6)7/h5-12H,1-4H3;(H,5,6,7)/q+1;/p-1. The molecule has 0 radical (unpaired) electrons. The molecule has 1 aromatic carbocycles. The van der Waals surface area contributed by atoms with Crippen LogP contribution in [0.5, 0.6) is 0 Å². The molecular formula is C17H20F3NO3S. The summed E-state index contributed by atoms with van der Waals surface area (Å²) in [5.41, 5.74) is -1.57. The maximum Gasteiger partial charge on any atom is 0.485 e. The largest absolute Gasteiger partial charge is 0.741 e. The second-order valence-corrected chi connectivity index (χ2v) is 7.85. The highest BCUT2D eigenvalue weighted by molar-refractivity contribution is 7.86. The summed E-state index contributed by atoms with van der Waals surface area (Å²) in [4.78, 5) is 0. The van der Waals surface area contributed by atoms with E-state index in [1.807, 2.05) is 0 Å². The van der Waals surface area contributed by atoms with Crippen molar-refractivity contribution in [2.75, 3.05) is 0 Å². The topological polar surface area (TPSA) is 61.1 Å². The molecule has 0 amide bonds. The van der Waals surface area contributed by atoms with Crippen molar-refractivity contribution >= 4 is 10.1 Å². The van der Waals surface area contributed by atoms with Crippen molar-refractivity contribution in [1.82, 2.24) is 0 Å². The van der Waals surface area contributed by atoms with Crippen LogP contribution >= 0.6 is 0 Å². The van der Waals surface area contributed by atoms with Gasteiger partial charge in [0.2, 0.25) is 5.69 Å². The van der Waals surface area contributed by atoms with E-state index in [4.69, 9.17) is 13.0 Å². The van der Waals surface area contributed by atoms with Crippen molar-refractivity contribution in [2.45, 2.75) is 38.6 Å². The van der Waals surface area contributed by atoms with Gasteiger partial charge in [-0.1, -0.05) is 38.5 Å². The molecule has 1 aromatic heterocycles. The zero-order valence-corrected chi connectivity index (χ0v) is 15.1. The molecule has 2 aromatic rings. The predicted molar refractivity (Wildman–Crippen MR) is 87.2 cm³/mol. The van der Waals surface area contributed by atoms with Crippen LogP contribution in [0.4, 0.5) is 13.2 Å². The van der Waals surface area contributed by atoms with Gasteiger partial charge in [0, 0.05) is 24.3 Å². The molecule has 8 heteroatoms. The fraction of sp³-hybridized carbons (Fsp3) is 0.353. The summed E-state index contributed by atoms with van der Waals surface area (Å²) in [5, 5.41) is 0. The molecule has 1 heterocycles. The van der Waals surface area contributed by atoms with Crippen molar-refractivity contribution < 1.29 is 30.7 Å². The predicted octanol–water partition coefficient (Wildman–Crippen LogP) is 3.62. The number of benzene rings is 1. The van der Waals surface area contributed by atoms with Gasteiger partial charge in [-0.15, -0.1) is 0 Å². The van der Waals surface area contributed by atoms with Gasteiger partial charge in [0.1, 0.15) is 0 Å². The molecule has 138 valence electrons. The van der Waals surface area contributed by atoms with Crippen LogP contribution in [0.2, 0.25) is 0 Å². The van der Waals surface area contributed by atoms with Gasteiger partial charge in [0.25, 0.3) is 0 Å². The Morgan fingerprint density at radius 3 is 1.64 bits per heavy atom. The van der Waals surface area contributed by atoms with Gasteiger partial charge in [0.05, 0.1) is 0 Å². The number of aromatic nitrogens is 1. The smallest absolute Gasteiger partial charge is 0.485 e. The van der Waals surface area contributed by atoms with E-state index in [-0.39, 0.29) is 5.41 Å². The molecule has 0 aliphatic rings. The van der Waals surface area contributed by atoms with Crippen molar-refractivity contribution in [3.63, 3.8) is 0 Å². The van der Waals surface area contributed by atoms with Crippen molar-refractivity contribution in [2.24, 2.45) is 0 Å². The zero-order chi connectivity index (χ0) is 19.5. The number of rotatable bonds is 1. The van der Waals surface area contributed by atoms with Crippen LogP contribution < -0.4 is 4.57 Å². The van der Waals surface area contributed by atoms with Crippen molar-refractivity contribution in [3.05, 3.63) is 59.9 Å². The number of nitrogens with zero attached hydrogens (tertiary/aromatic N) is 1. The maximum absolute atomic E-state index is 10.7. The lowest BCUT2D eigenvalue weighted by molar-refractivity contribution is -0.595. The number of hydrogen-bond donors (Lipinski definition) is 0. The highest BCUT2D eigenvalue weighted by atomic mass is 32.2. The molecule has 0 aliphatic carbocycles. The minimum absolute atomic E-state index is 0.215. The monoisotopic (exact) mass is 375 g/mol. The summed E-state index contributed by atoms with van der Waals surface area (Å²) in [6, 6.07) is 13.0. The second kappa shape index (κ2) is 7.53. The first-order chi connectivity index (χ1) is 11.2. The number of aryl methyl sites for hydroxylation is 1. The van der Waals surface area contributed by atoms with E-state index in [0.29, 0.717) is 0 Å². The maximum atomic E-state index is 10.7. The minimum Gasteiger partial charge on any atom is -0.741 e. The van der Waals surface area contributed by atoms with Gasteiger partial charge >= 0.3 is 5.51 Å². The molecule has 0 unspecified atom stereocenters. The van der Waals surface area contributed by atoms with Crippen LogP contribution in [0, 0.1) is 6.92 Å². The summed E-state index contributed by atoms with van der Waals surface area (Å²) in [5.74, 6) is 0. The molecule has 0 saturated carbocycles. The summed E-state index contributed by atoms with van der Waals surface area (Å²) >= 11 is 0. The molecular weight excluding hydrogens is 355 g/mol. The van der Waals surface area contributed by atoms with E-state index in [0.717, 1.165) is 0 Å². The summed E-state index contributed by atoms with van der Waals surface area (Å²) in [6.07, 6.45) is 4.26. The van der Waals surface area contributed by atoms with Crippen LogP contribution in [0.25, 0.3) is 5.69 Å². The molecule has 0 bridgehead atoms. The third kappa shape index (κ3) is 6.47. The van der Waals surface area contributed by atoms with Gasteiger partial charge in [-0.05, 0) is 17.9 Å². The van der Waals surface area contributed by atoms with E-state index in [1.54, 1.807) is 0 Å². The van der Waals surface area contributed by atoms with E-state index >= 15 is 0 Å².